The van der Waals surface area contributed by atoms with Gasteiger partial charge in [0.05, 0.1) is 29.8 Å². The number of benzene rings is 2. The van der Waals surface area contributed by atoms with E-state index >= 15 is 0 Å². The van der Waals surface area contributed by atoms with Crippen molar-refractivity contribution in [1.82, 2.24) is 15.3 Å². The normalized spacial score (nSPS) is 17.7. The third-order valence-corrected chi connectivity index (χ3v) is 6.54. The van der Waals surface area contributed by atoms with Gasteiger partial charge in [-0.3, -0.25) is 4.79 Å². The standard InChI is InChI=1S/C24H24Cl2N4O3/c1-4-16(31)8-15-10-27-12-18(15)30-24-28-11-14-7-13(5-6-17(14)29-24)21-22(25)19(32-2)9-20(33-3)23(21)26/h4-7,9,11,15,18,27H,1,8,10,12H2,2-3H3,(H,28,29,30). The fraction of sp³-hybridized carbons (Fsp3) is 0.292. The lowest BCUT2D eigenvalue weighted by Gasteiger charge is -2.19. The second-order valence-electron chi connectivity index (χ2n) is 7.79. The fourth-order valence-electron chi connectivity index (χ4n) is 4.02. The number of hydrogen-bond donors (Lipinski definition) is 2. The Morgan fingerprint density at radius 3 is 2.61 bits per heavy atom. The molecule has 7 nitrogen and oxygen atoms in total. The van der Waals surface area contributed by atoms with E-state index in [1.165, 1.54) is 6.08 Å². The van der Waals surface area contributed by atoms with Crippen LogP contribution in [0.5, 0.6) is 11.5 Å². The predicted octanol–water partition coefficient (Wildman–Crippen LogP) is 4.77. The molecule has 1 aliphatic heterocycles. The molecule has 2 N–H and O–H groups in total. The molecule has 0 saturated carbocycles. The molecule has 1 aliphatic rings. The van der Waals surface area contributed by atoms with E-state index in [2.05, 4.69) is 27.2 Å². The van der Waals surface area contributed by atoms with Crippen LogP contribution in [-0.4, -0.2) is 49.1 Å². The molecule has 0 radical (unpaired) electrons. The van der Waals surface area contributed by atoms with Crippen molar-refractivity contribution >= 4 is 45.8 Å². The molecule has 0 spiro atoms. The number of aromatic nitrogens is 2. The van der Waals surface area contributed by atoms with E-state index in [0.29, 0.717) is 39.5 Å². The minimum Gasteiger partial charge on any atom is -0.495 e. The second kappa shape index (κ2) is 9.95. The zero-order valence-corrected chi connectivity index (χ0v) is 19.8. The Balaban J connectivity index is 1.63. The predicted molar refractivity (Wildman–Crippen MR) is 132 cm³/mol. The van der Waals surface area contributed by atoms with Gasteiger partial charge in [-0.2, -0.15) is 0 Å². The number of nitrogens with zero attached hydrogens (tertiary/aromatic N) is 2. The van der Waals surface area contributed by atoms with Crippen molar-refractivity contribution in [1.29, 1.82) is 0 Å². The molecule has 4 rings (SSSR count). The Morgan fingerprint density at radius 1 is 1.21 bits per heavy atom. The largest absolute Gasteiger partial charge is 0.495 e. The number of anilines is 1. The molecule has 9 heteroatoms. The molecular weight excluding hydrogens is 463 g/mol. The van der Waals surface area contributed by atoms with Gasteiger partial charge < -0.3 is 20.1 Å². The molecule has 0 amide bonds. The molecule has 0 aliphatic carbocycles. The third kappa shape index (κ3) is 4.76. The number of rotatable bonds is 8. The van der Waals surface area contributed by atoms with Gasteiger partial charge in [0, 0.05) is 54.7 Å². The van der Waals surface area contributed by atoms with Crippen molar-refractivity contribution in [3.05, 3.63) is 53.2 Å². The van der Waals surface area contributed by atoms with Crippen LogP contribution in [0.1, 0.15) is 6.42 Å². The number of nitrogens with one attached hydrogen (secondary N) is 2. The zero-order chi connectivity index (χ0) is 23.5. The van der Waals surface area contributed by atoms with Crippen LogP contribution in [0, 0.1) is 5.92 Å². The minimum atomic E-state index is 0.0361. The topological polar surface area (TPSA) is 85.4 Å². The first-order valence-electron chi connectivity index (χ1n) is 10.4. The molecule has 1 saturated heterocycles. The summed E-state index contributed by atoms with van der Waals surface area (Å²) >= 11 is 13.1. The summed E-state index contributed by atoms with van der Waals surface area (Å²) < 4.78 is 10.8. The van der Waals surface area contributed by atoms with Crippen LogP contribution in [0.15, 0.2) is 43.1 Å². The molecule has 2 aromatic carbocycles. The fourth-order valence-corrected chi connectivity index (χ4v) is 4.74. The van der Waals surface area contributed by atoms with Crippen LogP contribution >= 0.6 is 23.2 Å². The number of allylic oxidation sites excluding steroid dienone is 1. The Kier molecular flexibility index (Phi) is 7.02. The van der Waals surface area contributed by atoms with Crippen molar-refractivity contribution in [2.45, 2.75) is 12.5 Å². The third-order valence-electron chi connectivity index (χ3n) is 5.79. The average molecular weight is 487 g/mol. The summed E-state index contributed by atoms with van der Waals surface area (Å²) in [6.07, 6.45) is 3.56. The van der Waals surface area contributed by atoms with E-state index in [9.17, 15) is 4.79 Å². The number of carbonyl (C=O) groups is 1. The molecule has 2 heterocycles. The summed E-state index contributed by atoms with van der Waals surface area (Å²) in [6, 6.07) is 7.43. The second-order valence-corrected chi connectivity index (χ2v) is 8.55. The molecule has 0 bridgehead atoms. The van der Waals surface area contributed by atoms with Gasteiger partial charge >= 0.3 is 0 Å². The number of hydrogen-bond acceptors (Lipinski definition) is 7. The molecule has 1 aromatic heterocycles. The van der Waals surface area contributed by atoms with Crippen molar-refractivity contribution in [3.63, 3.8) is 0 Å². The smallest absolute Gasteiger partial charge is 0.223 e. The molecule has 172 valence electrons. The van der Waals surface area contributed by atoms with Crippen molar-refractivity contribution < 1.29 is 14.3 Å². The van der Waals surface area contributed by atoms with E-state index in [4.69, 9.17) is 32.7 Å². The Hall–Kier alpha value is -2.87. The van der Waals surface area contributed by atoms with Crippen LogP contribution in [-0.2, 0) is 4.79 Å². The SMILES string of the molecule is C=CC(=O)CC1CNCC1Nc1ncc2cc(-c3c(Cl)c(OC)cc(OC)c3Cl)ccc2n1. The highest BCUT2D eigenvalue weighted by Gasteiger charge is 2.29. The summed E-state index contributed by atoms with van der Waals surface area (Å²) in [5.41, 5.74) is 2.18. The number of halogens is 2. The van der Waals surface area contributed by atoms with E-state index < -0.39 is 0 Å². The lowest BCUT2D eigenvalue weighted by Crippen LogP contribution is -2.30. The number of ketones is 1. The summed E-state index contributed by atoms with van der Waals surface area (Å²) in [5, 5.41) is 8.30. The number of carbonyl (C=O) groups excluding carboxylic acids is 1. The van der Waals surface area contributed by atoms with E-state index in [1.54, 1.807) is 26.5 Å². The van der Waals surface area contributed by atoms with Gasteiger partial charge in [0.25, 0.3) is 0 Å². The summed E-state index contributed by atoms with van der Waals surface area (Å²) in [6.45, 7) is 5.06. The van der Waals surface area contributed by atoms with Crippen molar-refractivity contribution in [2.75, 3.05) is 32.6 Å². The highest BCUT2D eigenvalue weighted by atomic mass is 35.5. The molecule has 3 aromatic rings. The molecule has 33 heavy (non-hydrogen) atoms. The van der Waals surface area contributed by atoms with Gasteiger partial charge in [0.1, 0.15) is 11.5 Å². The van der Waals surface area contributed by atoms with E-state index in [1.807, 2.05) is 18.2 Å². The first-order valence-corrected chi connectivity index (χ1v) is 11.2. The lowest BCUT2D eigenvalue weighted by molar-refractivity contribution is -0.115. The van der Waals surface area contributed by atoms with Crippen LogP contribution in [0.4, 0.5) is 5.95 Å². The van der Waals surface area contributed by atoms with Gasteiger partial charge in [0.2, 0.25) is 5.95 Å². The summed E-state index contributed by atoms with van der Waals surface area (Å²) in [5.74, 6) is 1.65. The quantitative estimate of drug-likeness (QED) is 0.443. The number of ether oxygens (including phenoxy) is 2. The Bertz CT molecular complexity index is 1190. The zero-order valence-electron chi connectivity index (χ0n) is 18.3. The van der Waals surface area contributed by atoms with E-state index in [0.717, 1.165) is 29.6 Å². The number of methoxy groups -OCH3 is 2. The number of fused-ring (bicyclic) bond motifs is 1. The minimum absolute atomic E-state index is 0.0361. The van der Waals surface area contributed by atoms with E-state index in [-0.39, 0.29) is 17.7 Å². The highest BCUT2D eigenvalue weighted by molar-refractivity contribution is 6.41. The van der Waals surface area contributed by atoms with Crippen LogP contribution in [0.3, 0.4) is 0 Å². The van der Waals surface area contributed by atoms with Crippen LogP contribution < -0.4 is 20.1 Å². The van der Waals surface area contributed by atoms with Crippen LogP contribution in [0.25, 0.3) is 22.0 Å². The lowest BCUT2D eigenvalue weighted by atomic mass is 9.97. The molecular formula is C24H24Cl2N4O3. The average Bonchev–Trinajstić information content (AvgIpc) is 3.25. The van der Waals surface area contributed by atoms with Crippen molar-refractivity contribution in [2.24, 2.45) is 5.92 Å². The van der Waals surface area contributed by atoms with Gasteiger partial charge in [-0.15, -0.1) is 0 Å². The molecule has 2 atom stereocenters. The maximum atomic E-state index is 11.8. The van der Waals surface area contributed by atoms with Gasteiger partial charge in [-0.05, 0) is 23.8 Å². The Morgan fingerprint density at radius 2 is 1.94 bits per heavy atom. The molecule has 2 unspecified atom stereocenters. The maximum Gasteiger partial charge on any atom is 0.223 e. The van der Waals surface area contributed by atoms with Gasteiger partial charge in [0.15, 0.2) is 5.78 Å². The maximum absolute atomic E-state index is 11.8. The van der Waals surface area contributed by atoms with Gasteiger partial charge in [-0.1, -0.05) is 35.8 Å². The Labute approximate surface area is 202 Å². The van der Waals surface area contributed by atoms with Crippen LogP contribution in [0.2, 0.25) is 10.0 Å². The highest BCUT2D eigenvalue weighted by Crippen LogP contribution is 2.46. The summed E-state index contributed by atoms with van der Waals surface area (Å²) in [7, 11) is 3.08. The first kappa shape index (κ1) is 23.3. The summed E-state index contributed by atoms with van der Waals surface area (Å²) in [4.78, 5) is 20.9. The first-order chi connectivity index (χ1) is 15.9. The van der Waals surface area contributed by atoms with Crippen molar-refractivity contribution in [3.8, 4) is 22.6 Å². The monoisotopic (exact) mass is 486 g/mol. The van der Waals surface area contributed by atoms with Gasteiger partial charge in [-0.25, -0.2) is 9.97 Å². The molecule has 1 fully saturated rings.